The average molecular weight is 437 g/mol. The molecular weight excluding hydrogens is 413 g/mol. The lowest BCUT2D eigenvalue weighted by atomic mass is 10.1. The Morgan fingerprint density at radius 2 is 1.91 bits per heavy atom. The largest absolute Gasteiger partial charge is 0.481 e. The van der Waals surface area contributed by atoms with E-state index in [0.29, 0.717) is 23.6 Å². The number of nitrogens with one attached hydrogen (secondary N) is 2. The normalized spacial score (nSPS) is 15.7. The first kappa shape index (κ1) is 21.4. The van der Waals surface area contributed by atoms with Gasteiger partial charge in [-0.2, -0.15) is 0 Å². The number of carbonyl (C=O) groups excluding carboxylic acids is 2. The molecule has 4 rings (SSSR count). The minimum absolute atomic E-state index is 0.276. The highest BCUT2D eigenvalue weighted by Gasteiger charge is 2.28. The van der Waals surface area contributed by atoms with Crippen LogP contribution in [0.25, 0.3) is 0 Å². The SMILES string of the molecule is CC(Oc1ccc(F)cc1)C(=O)NNC(=O)c1ccoc1CN1c2ccccc2CC1C. The summed E-state index contributed by atoms with van der Waals surface area (Å²) in [5.41, 5.74) is 7.49. The molecule has 3 aromatic rings. The standard InChI is InChI=1S/C24H24FN3O4/c1-15-13-17-5-3-4-6-21(17)28(15)14-22-20(11-12-31-22)24(30)27-26-23(29)16(2)32-19-9-7-18(25)8-10-19/h3-12,15-16H,13-14H2,1-2H3,(H,26,29)(H,27,30). The van der Waals surface area contributed by atoms with Crippen molar-refractivity contribution in [2.24, 2.45) is 0 Å². The highest BCUT2D eigenvalue weighted by Crippen LogP contribution is 2.33. The van der Waals surface area contributed by atoms with Crippen LogP contribution in [0.1, 0.15) is 35.5 Å². The molecule has 2 atom stereocenters. The fourth-order valence-electron chi connectivity index (χ4n) is 3.75. The second-order valence-electron chi connectivity index (χ2n) is 7.72. The third-order valence-electron chi connectivity index (χ3n) is 5.45. The molecule has 1 aliphatic heterocycles. The van der Waals surface area contributed by atoms with Gasteiger partial charge in [-0.1, -0.05) is 18.2 Å². The number of fused-ring (bicyclic) bond motifs is 1. The first-order valence-electron chi connectivity index (χ1n) is 10.4. The zero-order valence-corrected chi connectivity index (χ0v) is 17.8. The Morgan fingerprint density at radius 3 is 2.69 bits per heavy atom. The molecule has 1 aliphatic rings. The van der Waals surface area contributed by atoms with Gasteiger partial charge in [0.15, 0.2) is 6.10 Å². The van der Waals surface area contributed by atoms with E-state index in [4.69, 9.17) is 9.15 Å². The molecule has 0 radical (unpaired) electrons. The molecule has 0 saturated heterocycles. The van der Waals surface area contributed by atoms with Crippen molar-refractivity contribution in [2.45, 2.75) is 39.0 Å². The number of hydrogen-bond acceptors (Lipinski definition) is 5. The van der Waals surface area contributed by atoms with E-state index in [9.17, 15) is 14.0 Å². The highest BCUT2D eigenvalue weighted by molar-refractivity contribution is 5.96. The summed E-state index contributed by atoms with van der Waals surface area (Å²) < 4.78 is 24.0. The predicted octanol–water partition coefficient (Wildman–Crippen LogP) is 3.60. The monoisotopic (exact) mass is 437 g/mol. The van der Waals surface area contributed by atoms with Gasteiger partial charge in [-0.05, 0) is 62.2 Å². The summed E-state index contributed by atoms with van der Waals surface area (Å²) >= 11 is 0. The fourth-order valence-corrected chi connectivity index (χ4v) is 3.75. The Morgan fingerprint density at radius 1 is 1.16 bits per heavy atom. The number of hydrogen-bond donors (Lipinski definition) is 2. The van der Waals surface area contributed by atoms with Gasteiger partial charge in [0.25, 0.3) is 11.8 Å². The maximum absolute atomic E-state index is 13.0. The number of furan rings is 1. The number of halogens is 1. The number of nitrogens with zero attached hydrogens (tertiary/aromatic N) is 1. The van der Waals surface area contributed by atoms with Crippen LogP contribution in [0.2, 0.25) is 0 Å². The van der Waals surface area contributed by atoms with E-state index in [-0.39, 0.29) is 6.04 Å². The third kappa shape index (κ3) is 4.59. The number of para-hydroxylation sites is 1. The maximum Gasteiger partial charge on any atom is 0.279 e. The van der Waals surface area contributed by atoms with E-state index in [1.807, 2.05) is 12.1 Å². The van der Waals surface area contributed by atoms with Crippen LogP contribution < -0.4 is 20.5 Å². The first-order valence-corrected chi connectivity index (χ1v) is 10.4. The zero-order valence-electron chi connectivity index (χ0n) is 17.8. The van der Waals surface area contributed by atoms with E-state index >= 15 is 0 Å². The number of carbonyl (C=O) groups is 2. The lowest BCUT2D eigenvalue weighted by Crippen LogP contribution is -2.47. The smallest absolute Gasteiger partial charge is 0.279 e. The Hall–Kier alpha value is -3.81. The van der Waals surface area contributed by atoms with Gasteiger partial charge >= 0.3 is 0 Å². The third-order valence-corrected chi connectivity index (χ3v) is 5.45. The summed E-state index contributed by atoms with van der Waals surface area (Å²) in [4.78, 5) is 27.1. The molecule has 8 heteroatoms. The molecule has 7 nitrogen and oxygen atoms in total. The van der Waals surface area contributed by atoms with Crippen molar-refractivity contribution >= 4 is 17.5 Å². The highest BCUT2D eigenvalue weighted by atomic mass is 19.1. The van der Waals surface area contributed by atoms with Crippen molar-refractivity contribution < 1.29 is 23.1 Å². The molecule has 0 saturated carbocycles. The molecular formula is C24H24FN3O4. The molecule has 2 N–H and O–H groups in total. The summed E-state index contributed by atoms with van der Waals surface area (Å²) in [5, 5.41) is 0. The fraction of sp³-hybridized carbons (Fsp3) is 0.250. The summed E-state index contributed by atoms with van der Waals surface area (Å²) in [6.45, 7) is 4.09. The quantitative estimate of drug-likeness (QED) is 0.576. The Labute approximate surface area is 185 Å². The van der Waals surface area contributed by atoms with Crippen LogP contribution in [0.15, 0.2) is 65.3 Å². The second-order valence-corrected chi connectivity index (χ2v) is 7.72. The minimum Gasteiger partial charge on any atom is -0.481 e. The van der Waals surface area contributed by atoms with Crippen LogP contribution >= 0.6 is 0 Å². The number of hydrazine groups is 1. The van der Waals surface area contributed by atoms with Crippen molar-refractivity contribution in [1.29, 1.82) is 0 Å². The van der Waals surface area contributed by atoms with E-state index in [2.05, 4.69) is 34.8 Å². The van der Waals surface area contributed by atoms with Crippen molar-refractivity contribution in [3.8, 4) is 5.75 Å². The maximum atomic E-state index is 13.0. The van der Waals surface area contributed by atoms with Crippen molar-refractivity contribution in [2.75, 3.05) is 4.90 Å². The topological polar surface area (TPSA) is 83.8 Å². The van der Waals surface area contributed by atoms with Gasteiger partial charge in [0.2, 0.25) is 0 Å². The number of anilines is 1. The van der Waals surface area contributed by atoms with Gasteiger partial charge in [-0.15, -0.1) is 0 Å². The molecule has 2 amide bonds. The van der Waals surface area contributed by atoms with E-state index < -0.39 is 23.7 Å². The summed E-state index contributed by atoms with van der Waals surface area (Å²) in [5.74, 6) is -0.580. The molecule has 166 valence electrons. The molecule has 1 aromatic heterocycles. The van der Waals surface area contributed by atoms with Gasteiger partial charge in [-0.3, -0.25) is 20.4 Å². The van der Waals surface area contributed by atoms with Crippen LogP contribution in [0.3, 0.4) is 0 Å². The van der Waals surface area contributed by atoms with Gasteiger partial charge in [0.1, 0.15) is 17.3 Å². The second kappa shape index (κ2) is 9.13. The lowest BCUT2D eigenvalue weighted by molar-refractivity contribution is -0.128. The number of amides is 2. The molecule has 0 bridgehead atoms. The summed E-state index contributed by atoms with van der Waals surface area (Å²) in [6, 6.07) is 15.3. The first-order chi connectivity index (χ1) is 15.4. The summed E-state index contributed by atoms with van der Waals surface area (Å²) in [6.07, 6.45) is 1.49. The van der Waals surface area contributed by atoms with Crippen LogP contribution in [-0.4, -0.2) is 24.0 Å². The number of ether oxygens (including phenoxy) is 1. The number of benzene rings is 2. The van der Waals surface area contributed by atoms with Crippen molar-refractivity contribution in [3.05, 3.63) is 83.6 Å². The van der Waals surface area contributed by atoms with E-state index in [1.165, 1.54) is 43.0 Å². The lowest BCUT2D eigenvalue weighted by Gasteiger charge is -2.24. The Kier molecular flexibility index (Phi) is 6.11. The molecule has 0 spiro atoms. The van der Waals surface area contributed by atoms with E-state index in [0.717, 1.165) is 12.1 Å². The average Bonchev–Trinajstić information content (AvgIpc) is 3.38. The molecule has 32 heavy (non-hydrogen) atoms. The molecule has 0 fully saturated rings. The molecule has 2 aromatic carbocycles. The van der Waals surface area contributed by atoms with Crippen LogP contribution in [0.5, 0.6) is 5.75 Å². The summed E-state index contributed by atoms with van der Waals surface area (Å²) in [7, 11) is 0. The van der Waals surface area contributed by atoms with Crippen molar-refractivity contribution in [3.63, 3.8) is 0 Å². The van der Waals surface area contributed by atoms with Crippen LogP contribution in [0.4, 0.5) is 10.1 Å². The van der Waals surface area contributed by atoms with E-state index in [1.54, 1.807) is 6.07 Å². The molecule has 0 aliphatic carbocycles. The number of rotatable bonds is 6. The zero-order chi connectivity index (χ0) is 22.7. The molecule has 2 heterocycles. The van der Waals surface area contributed by atoms with Crippen LogP contribution in [0, 0.1) is 5.82 Å². The predicted molar refractivity (Wildman–Crippen MR) is 117 cm³/mol. The molecule has 2 unspecified atom stereocenters. The Bertz CT molecular complexity index is 1110. The van der Waals surface area contributed by atoms with Crippen molar-refractivity contribution in [1.82, 2.24) is 10.9 Å². The van der Waals surface area contributed by atoms with Gasteiger partial charge in [0.05, 0.1) is 18.4 Å². The Balaban J connectivity index is 1.35. The minimum atomic E-state index is -0.897. The van der Waals surface area contributed by atoms with Crippen LogP contribution in [-0.2, 0) is 17.8 Å². The van der Waals surface area contributed by atoms with Gasteiger partial charge in [-0.25, -0.2) is 4.39 Å². The van der Waals surface area contributed by atoms with Gasteiger partial charge in [0, 0.05) is 11.7 Å². The van der Waals surface area contributed by atoms with Gasteiger partial charge < -0.3 is 14.1 Å².